The maximum atomic E-state index is 6.06. The number of nitrogens with zero attached hydrogens (tertiary/aromatic N) is 3. The summed E-state index contributed by atoms with van der Waals surface area (Å²) in [5.74, 6) is 1.91. The summed E-state index contributed by atoms with van der Waals surface area (Å²) < 4.78 is 7.71. The second-order valence-electron chi connectivity index (χ2n) is 5.18. The number of alkyl halides is 1. The second-order valence-corrected chi connectivity index (χ2v) is 6.73. The minimum absolute atomic E-state index is 0.319. The van der Waals surface area contributed by atoms with Crippen LogP contribution in [0.2, 0.25) is 0 Å². The van der Waals surface area contributed by atoms with Crippen molar-refractivity contribution in [2.75, 3.05) is 13.4 Å². The third kappa shape index (κ3) is 2.27. The van der Waals surface area contributed by atoms with Crippen molar-refractivity contribution in [2.24, 2.45) is 0 Å². The van der Waals surface area contributed by atoms with Crippen molar-refractivity contribution >= 4 is 34.5 Å². The van der Waals surface area contributed by atoms with E-state index in [0.717, 1.165) is 23.5 Å². The molecule has 2 aromatic rings. The van der Waals surface area contributed by atoms with Gasteiger partial charge in [0.1, 0.15) is 11.3 Å². The highest BCUT2D eigenvalue weighted by atomic mass is 35.5. The summed E-state index contributed by atoms with van der Waals surface area (Å²) in [5.41, 5.74) is 1.76. The number of methoxy groups -OCH3 is 1. The van der Waals surface area contributed by atoms with Crippen LogP contribution in [-0.4, -0.2) is 32.6 Å². The van der Waals surface area contributed by atoms with Crippen molar-refractivity contribution in [1.29, 1.82) is 0 Å². The van der Waals surface area contributed by atoms with Gasteiger partial charge in [-0.15, -0.1) is 11.6 Å². The van der Waals surface area contributed by atoms with Crippen molar-refractivity contribution in [2.45, 2.75) is 36.4 Å². The molecule has 0 saturated heterocycles. The molecular formula is C14H18ClN3OS. The average Bonchev–Trinajstić information content (AvgIpc) is 2.79. The van der Waals surface area contributed by atoms with Crippen LogP contribution in [-0.2, 0) is 12.4 Å². The van der Waals surface area contributed by atoms with E-state index in [2.05, 4.69) is 20.8 Å². The monoisotopic (exact) mass is 311 g/mol. The van der Waals surface area contributed by atoms with Crippen LogP contribution < -0.4 is 4.74 Å². The topological polar surface area (TPSA) is 39.9 Å². The van der Waals surface area contributed by atoms with Gasteiger partial charge in [0, 0.05) is 17.4 Å². The lowest BCUT2D eigenvalue weighted by molar-refractivity contribution is 0.321. The smallest absolute Gasteiger partial charge is 0.215 e. The fourth-order valence-corrected chi connectivity index (χ4v) is 3.86. The van der Waals surface area contributed by atoms with E-state index in [1.807, 2.05) is 23.9 Å². The van der Waals surface area contributed by atoms with Crippen LogP contribution in [0.3, 0.4) is 0 Å². The largest absolute Gasteiger partial charge is 0.481 e. The Hall–Kier alpha value is -0.940. The highest BCUT2D eigenvalue weighted by Gasteiger charge is 2.37. The highest BCUT2D eigenvalue weighted by Crippen LogP contribution is 2.44. The number of hydrogen-bond acceptors (Lipinski definition) is 4. The number of rotatable bonds is 5. The Kier molecular flexibility index (Phi) is 3.82. The van der Waals surface area contributed by atoms with Gasteiger partial charge in [-0.1, -0.05) is 6.42 Å². The molecule has 4 nitrogen and oxygen atoms in total. The van der Waals surface area contributed by atoms with Crippen molar-refractivity contribution in [1.82, 2.24) is 14.5 Å². The summed E-state index contributed by atoms with van der Waals surface area (Å²) in [6.45, 7) is 0.923. The number of ether oxygens (including phenoxy) is 1. The molecule has 3 rings (SSSR count). The highest BCUT2D eigenvalue weighted by molar-refractivity contribution is 8.00. The standard InChI is InChI=1S/C14H18ClN3OS/c1-19-12-5-4-10-13(17-12)18(11(8-15)16-10)9-14(20-2)6-3-7-14/h4-5H,3,6-9H2,1-2H3. The Morgan fingerprint density at radius 1 is 1.40 bits per heavy atom. The minimum Gasteiger partial charge on any atom is -0.481 e. The van der Waals surface area contributed by atoms with E-state index < -0.39 is 0 Å². The first-order valence-corrected chi connectivity index (χ1v) is 8.48. The van der Waals surface area contributed by atoms with E-state index in [9.17, 15) is 0 Å². The molecule has 0 radical (unpaired) electrons. The summed E-state index contributed by atoms with van der Waals surface area (Å²) in [6, 6.07) is 3.78. The predicted molar refractivity (Wildman–Crippen MR) is 83.7 cm³/mol. The molecule has 0 unspecified atom stereocenters. The minimum atomic E-state index is 0.319. The first-order chi connectivity index (χ1) is 9.71. The maximum Gasteiger partial charge on any atom is 0.215 e. The normalized spacial score (nSPS) is 17.1. The molecule has 0 bridgehead atoms. The Morgan fingerprint density at radius 2 is 2.20 bits per heavy atom. The van der Waals surface area contributed by atoms with Gasteiger partial charge in [-0.05, 0) is 25.2 Å². The third-order valence-corrected chi connectivity index (χ3v) is 5.76. The number of pyridine rings is 1. The molecule has 6 heteroatoms. The van der Waals surface area contributed by atoms with Crippen LogP contribution in [0.1, 0.15) is 25.1 Å². The Morgan fingerprint density at radius 3 is 2.75 bits per heavy atom. The average molecular weight is 312 g/mol. The number of fused-ring (bicyclic) bond motifs is 1. The van der Waals surface area contributed by atoms with E-state index in [4.69, 9.17) is 16.3 Å². The molecule has 0 spiro atoms. The summed E-state index contributed by atoms with van der Waals surface area (Å²) in [4.78, 5) is 9.14. The first-order valence-electron chi connectivity index (χ1n) is 6.72. The molecule has 0 aliphatic heterocycles. The molecule has 0 aromatic carbocycles. The van der Waals surface area contributed by atoms with Crippen molar-refractivity contribution in [3.8, 4) is 5.88 Å². The van der Waals surface area contributed by atoms with Gasteiger partial charge in [-0.25, -0.2) is 4.98 Å². The summed E-state index contributed by atoms with van der Waals surface area (Å²) >= 11 is 8.01. The van der Waals surface area contributed by atoms with Crippen LogP contribution in [0.5, 0.6) is 5.88 Å². The Balaban J connectivity index is 2.06. The van der Waals surface area contributed by atoms with Crippen LogP contribution in [0.15, 0.2) is 12.1 Å². The maximum absolute atomic E-state index is 6.06. The van der Waals surface area contributed by atoms with Crippen molar-refractivity contribution in [3.63, 3.8) is 0 Å². The van der Waals surface area contributed by atoms with Gasteiger partial charge in [0.05, 0.1) is 13.0 Å². The molecule has 0 atom stereocenters. The SMILES string of the molecule is COc1ccc2nc(CCl)n(CC3(SC)CCC3)c2n1. The molecule has 1 saturated carbocycles. The van der Waals surface area contributed by atoms with Crippen LogP contribution in [0, 0.1) is 0 Å². The van der Waals surface area contributed by atoms with E-state index in [1.165, 1.54) is 19.3 Å². The molecule has 20 heavy (non-hydrogen) atoms. The van der Waals surface area contributed by atoms with Crippen LogP contribution in [0.4, 0.5) is 0 Å². The lowest BCUT2D eigenvalue weighted by Gasteiger charge is -2.40. The van der Waals surface area contributed by atoms with E-state index >= 15 is 0 Å². The molecular weight excluding hydrogens is 294 g/mol. The molecule has 0 N–H and O–H groups in total. The molecule has 0 amide bonds. The molecule has 1 aliphatic carbocycles. The lowest BCUT2D eigenvalue weighted by atomic mass is 9.84. The Labute approximate surface area is 127 Å². The fraction of sp³-hybridized carbons (Fsp3) is 0.571. The summed E-state index contributed by atoms with van der Waals surface area (Å²) in [6.07, 6.45) is 5.99. The molecule has 2 aromatic heterocycles. The van der Waals surface area contributed by atoms with Gasteiger partial charge in [0.2, 0.25) is 5.88 Å². The summed E-state index contributed by atoms with van der Waals surface area (Å²) in [5, 5.41) is 0. The quantitative estimate of drug-likeness (QED) is 0.793. The lowest BCUT2D eigenvalue weighted by Crippen LogP contribution is -2.38. The molecule has 2 heterocycles. The number of imidazole rings is 1. The summed E-state index contributed by atoms with van der Waals surface area (Å²) in [7, 11) is 1.63. The second kappa shape index (κ2) is 5.45. The molecule has 1 aliphatic rings. The molecule has 108 valence electrons. The van der Waals surface area contributed by atoms with Gasteiger partial charge in [-0.3, -0.25) is 0 Å². The van der Waals surface area contributed by atoms with Crippen molar-refractivity contribution < 1.29 is 4.74 Å². The van der Waals surface area contributed by atoms with Gasteiger partial charge in [0.15, 0.2) is 5.65 Å². The van der Waals surface area contributed by atoms with Gasteiger partial charge in [-0.2, -0.15) is 16.7 Å². The third-order valence-electron chi connectivity index (χ3n) is 4.12. The van der Waals surface area contributed by atoms with Gasteiger partial charge < -0.3 is 9.30 Å². The van der Waals surface area contributed by atoms with Gasteiger partial charge in [0.25, 0.3) is 0 Å². The number of hydrogen-bond donors (Lipinski definition) is 0. The zero-order valence-corrected chi connectivity index (χ0v) is 13.3. The van der Waals surface area contributed by atoms with Crippen molar-refractivity contribution in [3.05, 3.63) is 18.0 Å². The number of aromatic nitrogens is 3. The van der Waals surface area contributed by atoms with Crippen LogP contribution in [0.25, 0.3) is 11.2 Å². The first kappa shape index (κ1) is 14.0. The van der Waals surface area contributed by atoms with Crippen LogP contribution >= 0.6 is 23.4 Å². The van der Waals surface area contributed by atoms with E-state index in [1.54, 1.807) is 7.11 Å². The zero-order chi connectivity index (χ0) is 14.2. The predicted octanol–water partition coefficient (Wildman–Crippen LogP) is 3.46. The van der Waals surface area contributed by atoms with E-state index in [0.29, 0.717) is 16.5 Å². The molecule has 1 fully saturated rings. The zero-order valence-electron chi connectivity index (χ0n) is 11.7. The fourth-order valence-electron chi connectivity index (χ4n) is 2.70. The Bertz CT molecular complexity index is 619. The number of thioether (sulfide) groups is 1. The number of halogens is 1. The van der Waals surface area contributed by atoms with Gasteiger partial charge >= 0.3 is 0 Å². The van der Waals surface area contributed by atoms with E-state index in [-0.39, 0.29) is 0 Å².